The maximum Gasteiger partial charge on any atom is 0.222 e. The van der Waals surface area contributed by atoms with Crippen LogP contribution in [0.15, 0.2) is 36.4 Å². The first-order chi connectivity index (χ1) is 8.15. The maximum atomic E-state index is 9.69. The molecule has 3 N–H and O–H groups in total. The number of nitrogens with one attached hydrogen (secondary N) is 1. The van der Waals surface area contributed by atoms with Gasteiger partial charge < -0.3 is 22.6 Å². The fourth-order valence-electron chi connectivity index (χ4n) is 1.77. The Morgan fingerprint density at radius 1 is 0.944 bits per heavy atom. The van der Waals surface area contributed by atoms with Crippen molar-refractivity contribution < 1.29 is 27.6 Å². The van der Waals surface area contributed by atoms with Crippen LogP contribution in [0.5, 0.6) is 11.5 Å². The molecule has 1 aromatic heterocycles. The van der Waals surface area contributed by atoms with Crippen LogP contribution in [0.25, 0.3) is 0 Å². The van der Waals surface area contributed by atoms with Gasteiger partial charge in [-0.1, -0.05) is 12.1 Å². The van der Waals surface area contributed by atoms with Crippen LogP contribution >= 0.6 is 0 Å². The Morgan fingerprint density at radius 3 is 2.28 bits per heavy atom. The van der Waals surface area contributed by atoms with Crippen molar-refractivity contribution in [3.05, 3.63) is 53.3 Å². The van der Waals surface area contributed by atoms with Crippen LogP contribution in [0.3, 0.4) is 0 Å². The average Bonchev–Trinajstić information content (AvgIpc) is 2.32. The SMILES string of the molecule is Cc1ccc(O)c(CCc2ccc(O)cc2)[nH+]1.[Cl-]. The Bertz CT molecular complexity index is 512. The van der Waals surface area contributed by atoms with Crippen molar-refractivity contribution in [3.8, 4) is 11.5 Å². The Balaban J connectivity index is 0.00000162. The Labute approximate surface area is 113 Å². The summed E-state index contributed by atoms with van der Waals surface area (Å²) < 4.78 is 0. The van der Waals surface area contributed by atoms with E-state index in [0.717, 1.165) is 29.8 Å². The minimum Gasteiger partial charge on any atom is -1.00 e. The van der Waals surface area contributed by atoms with Crippen molar-refractivity contribution in [3.63, 3.8) is 0 Å². The van der Waals surface area contributed by atoms with Gasteiger partial charge in [-0.2, -0.15) is 0 Å². The molecule has 1 heterocycles. The van der Waals surface area contributed by atoms with E-state index < -0.39 is 0 Å². The van der Waals surface area contributed by atoms with Crippen molar-refractivity contribution in [2.24, 2.45) is 0 Å². The van der Waals surface area contributed by atoms with E-state index in [1.165, 1.54) is 0 Å². The smallest absolute Gasteiger partial charge is 0.222 e. The second-order valence-corrected chi connectivity index (χ2v) is 4.17. The van der Waals surface area contributed by atoms with Gasteiger partial charge in [0.05, 0.1) is 0 Å². The van der Waals surface area contributed by atoms with Crippen LogP contribution in [0, 0.1) is 6.92 Å². The van der Waals surface area contributed by atoms with Crippen molar-refractivity contribution in [2.45, 2.75) is 19.8 Å². The van der Waals surface area contributed by atoms with Crippen molar-refractivity contribution >= 4 is 0 Å². The fourth-order valence-corrected chi connectivity index (χ4v) is 1.77. The van der Waals surface area contributed by atoms with Gasteiger partial charge in [0, 0.05) is 19.4 Å². The predicted molar refractivity (Wildman–Crippen MR) is 64.9 cm³/mol. The van der Waals surface area contributed by atoms with Crippen molar-refractivity contribution in [1.82, 2.24) is 0 Å². The number of aromatic amines is 1. The molecule has 0 bridgehead atoms. The summed E-state index contributed by atoms with van der Waals surface area (Å²) in [6.45, 7) is 1.96. The summed E-state index contributed by atoms with van der Waals surface area (Å²) in [5, 5.41) is 18.9. The van der Waals surface area contributed by atoms with E-state index in [2.05, 4.69) is 4.98 Å². The molecule has 0 unspecified atom stereocenters. The van der Waals surface area contributed by atoms with Gasteiger partial charge in [0.2, 0.25) is 5.69 Å². The molecule has 0 saturated carbocycles. The number of phenols is 1. The third-order valence-electron chi connectivity index (χ3n) is 2.75. The molecule has 0 aliphatic carbocycles. The normalized spacial score (nSPS) is 9.83. The first-order valence-electron chi connectivity index (χ1n) is 5.64. The van der Waals surface area contributed by atoms with Gasteiger partial charge in [0.25, 0.3) is 0 Å². The van der Waals surface area contributed by atoms with Crippen LogP contribution in [0.4, 0.5) is 0 Å². The molecule has 0 aliphatic rings. The number of aromatic hydroxyl groups is 2. The quantitative estimate of drug-likeness (QED) is 0.749. The zero-order valence-corrected chi connectivity index (χ0v) is 10.9. The highest BCUT2D eigenvalue weighted by Gasteiger charge is 2.09. The van der Waals surface area contributed by atoms with Gasteiger partial charge in [-0.25, -0.2) is 4.98 Å². The van der Waals surface area contributed by atoms with E-state index >= 15 is 0 Å². The maximum absolute atomic E-state index is 9.69. The molecule has 96 valence electrons. The number of hydrogen-bond acceptors (Lipinski definition) is 2. The Hall–Kier alpha value is -1.74. The van der Waals surface area contributed by atoms with Crippen LogP contribution in [0.1, 0.15) is 17.0 Å². The highest BCUT2D eigenvalue weighted by Crippen LogP contribution is 2.15. The molecule has 0 aliphatic heterocycles. The van der Waals surface area contributed by atoms with Gasteiger partial charge in [-0.15, -0.1) is 0 Å². The number of hydrogen-bond donors (Lipinski definition) is 2. The lowest BCUT2D eigenvalue weighted by atomic mass is 10.1. The highest BCUT2D eigenvalue weighted by molar-refractivity contribution is 5.28. The lowest BCUT2D eigenvalue weighted by Crippen LogP contribution is -3.00. The van der Waals surface area contributed by atoms with E-state index in [1.54, 1.807) is 18.2 Å². The van der Waals surface area contributed by atoms with Crippen LogP contribution in [-0.4, -0.2) is 10.2 Å². The zero-order valence-electron chi connectivity index (χ0n) is 10.2. The number of benzene rings is 1. The molecule has 0 saturated heterocycles. The highest BCUT2D eigenvalue weighted by atomic mass is 35.5. The molecular formula is C14H16ClNO2. The zero-order chi connectivity index (χ0) is 12.3. The van der Waals surface area contributed by atoms with Gasteiger partial charge in [-0.3, -0.25) is 0 Å². The largest absolute Gasteiger partial charge is 1.00 e. The number of halogens is 1. The molecular weight excluding hydrogens is 250 g/mol. The number of aromatic nitrogens is 1. The topological polar surface area (TPSA) is 54.6 Å². The van der Waals surface area contributed by atoms with Crippen molar-refractivity contribution in [2.75, 3.05) is 0 Å². The van der Waals surface area contributed by atoms with E-state index in [9.17, 15) is 10.2 Å². The Kier molecular flexibility index (Phi) is 4.98. The summed E-state index contributed by atoms with van der Waals surface area (Å²) in [5.74, 6) is 0.577. The van der Waals surface area contributed by atoms with E-state index in [4.69, 9.17) is 0 Å². The number of rotatable bonds is 3. The van der Waals surface area contributed by atoms with E-state index in [-0.39, 0.29) is 18.2 Å². The number of phenolic OH excluding ortho intramolecular Hbond substituents is 1. The molecule has 4 heteroatoms. The monoisotopic (exact) mass is 265 g/mol. The first-order valence-corrected chi connectivity index (χ1v) is 5.64. The van der Waals surface area contributed by atoms with E-state index in [1.807, 2.05) is 25.1 Å². The minimum absolute atomic E-state index is 0. The fraction of sp³-hybridized carbons (Fsp3) is 0.214. The van der Waals surface area contributed by atoms with Crippen molar-refractivity contribution in [1.29, 1.82) is 0 Å². The van der Waals surface area contributed by atoms with Gasteiger partial charge >= 0.3 is 0 Å². The summed E-state index contributed by atoms with van der Waals surface area (Å²) >= 11 is 0. The Morgan fingerprint density at radius 2 is 1.61 bits per heavy atom. The van der Waals surface area contributed by atoms with Gasteiger partial charge in [-0.05, 0) is 30.2 Å². The standard InChI is InChI=1S/C14H15NO2.ClH/c1-10-2-9-14(17)13(15-10)8-5-11-3-6-12(16)7-4-11;/h2-4,6-7,9,16-17H,5,8H2,1H3;1H. The summed E-state index contributed by atoms with van der Waals surface area (Å²) in [4.78, 5) is 3.16. The van der Waals surface area contributed by atoms with Crippen LogP contribution in [0.2, 0.25) is 0 Å². The molecule has 0 radical (unpaired) electrons. The molecule has 0 atom stereocenters. The lowest BCUT2D eigenvalue weighted by Gasteiger charge is -2.01. The average molecular weight is 266 g/mol. The minimum atomic E-state index is 0. The molecule has 3 nitrogen and oxygen atoms in total. The molecule has 0 amide bonds. The number of aryl methyl sites for hydroxylation is 3. The van der Waals surface area contributed by atoms with Gasteiger partial charge in [0.1, 0.15) is 5.75 Å². The van der Waals surface area contributed by atoms with Crippen LogP contribution < -0.4 is 17.4 Å². The molecule has 0 spiro atoms. The second kappa shape index (κ2) is 6.26. The molecule has 0 fully saturated rings. The molecule has 18 heavy (non-hydrogen) atoms. The predicted octanol–water partition coefficient (Wildman–Crippen LogP) is -0.990. The number of H-pyrrole nitrogens is 1. The second-order valence-electron chi connectivity index (χ2n) is 4.17. The van der Waals surface area contributed by atoms with E-state index in [0.29, 0.717) is 5.75 Å². The third-order valence-corrected chi connectivity index (χ3v) is 2.75. The summed E-state index contributed by atoms with van der Waals surface area (Å²) in [7, 11) is 0. The molecule has 2 aromatic rings. The molecule has 2 rings (SSSR count). The first kappa shape index (κ1) is 14.3. The lowest BCUT2D eigenvalue weighted by molar-refractivity contribution is -0.400. The van der Waals surface area contributed by atoms with Gasteiger partial charge in [0.15, 0.2) is 11.4 Å². The third kappa shape index (κ3) is 3.64. The summed E-state index contributed by atoms with van der Waals surface area (Å²) in [6, 6.07) is 10.7. The summed E-state index contributed by atoms with van der Waals surface area (Å²) in [5.41, 5.74) is 3.01. The summed E-state index contributed by atoms with van der Waals surface area (Å²) in [6.07, 6.45) is 1.58. The van der Waals surface area contributed by atoms with Crippen LogP contribution in [-0.2, 0) is 12.8 Å². The number of pyridine rings is 1. The molecule has 1 aromatic carbocycles.